The summed E-state index contributed by atoms with van der Waals surface area (Å²) in [5, 5.41) is 13.8. The van der Waals surface area contributed by atoms with E-state index < -0.39 is 0 Å². The summed E-state index contributed by atoms with van der Waals surface area (Å²) in [6, 6.07) is 11.0. The molecule has 14 heteroatoms. The lowest BCUT2D eigenvalue weighted by Gasteiger charge is -2.04. The fourth-order valence-electron chi connectivity index (χ4n) is 3.79. The summed E-state index contributed by atoms with van der Waals surface area (Å²) in [6.07, 6.45) is 6.27. The number of hydrogen-bond acceptors (Lipinski definition) is 11. The standard InChI is InChI=1S/C13H10N4O2S.C13H9N3O3S/c1-14-11-8-4-7(2-3-9(8)15-6-16-11)5-10-12(18)17-13(19)20-10;1-19-12-8-4-7(2-3-9(8)14-6-15-12)5-10-11(17)16-13(18)20-10/h2-6,18H,1H3,(H,17,19);2-6H,1H3,(H,16,17,18). The number of carbonyl (C=O) groups is 2. The molecule has 3 N–H and O–H groups in total. The molecule has 2 aliphatic heterocycles. The molecule has 4 heterocycles. The van der Waals surface area contributed by atoms with Gasteiger partial charge in [0.05, 0.1) is 33.2 Å². The van der Waals surface area contributed by atoms with Gasteiger partial charge in [-0.2, -0.15) is 0 Å². The number of ether oxygens (including phenoxy) is 1. The minimum absolute atomic E-state index is 0.121. The predicted octanol–water partition coefficient (Wildman–Crippen LogP) is 1.97. The number of hydrogen-bond donors (Lipinski definition) is 3. The maximum Gasteiger partial charge on any atom is 0.307 e. The number of aromatic hydroxyl groups is 1. The molecule has 2 aromatic carbocycles. The van der Waals surface area contributed by atoms with Crippen LogP contribution in [0.1, 0.15) is 16.0 Å². The zero-order chi connectivity index (χ0) is 28.2. The number of thiazole rings is 1. The van der Waals surface area contributed by atoms with Gasteiger partial charge in [0.2, 0.25) is 11.8 Å². The summed E-state index contributed by atoms with van der Waals surface area (Å²) < 4.78 is 5.18. The second kappa shape index (κ2) is 11.4. The normalized spacial score (nSPS) is 16.5. The van der Waals surface area contributed by atoms with E-state index in [2.05, 4.69) is 35.2 Å². The van der Waals surface area contributed by atoms with Crippen molar-refractivity contribution in [3.05, 3.63) is 83.9 Å². The third-order valence-electron chi connectivity index (χ3n) is 5.56. The van der Waals surface area contributed by atoms with Gasteiger partial charge in [0, 0.05) is 12.6 Å². The first-order chi connectivity index (χ1) is 19.3. The highest BCUT2D eigenvalue weighted by Gasteiger charge is 2.25. The zero-order valence-corrected chi connectivity index (χ0v) is 22.5. The van der Waals surface area contributed by atoms with Crippen molar-refractivity contribution in [2.24, 2.45) is 15.0 Å². The first-order valence-electron chi connectivity index (χ1n) is 11.5. The lowest BCUT2D eigenvalue weighted by molar-refractivity contribution is -0.115. The van der Waals surface area contributed by atoms with Crippen LogP contribution in [0.25, 0.3) is 23.1 Å². The third-order valence-corrected chi connectivity index (χ3v) is 7.19. The van der Waals surface area contributed by atoms with Crippen LogP contribution in [0.4, 0.5) is 4.79 Å². The van der Waals surface area contributed by atoms with Gasteiger partial charge in [0.15, 0.2) is 5.84 Å². The van der Waals surface area contributed by atoms with E-state index in [1.807, 2.05) is 36.4 Å². The van der Waals surface area contributed by atoms with Crippen LogP contribution in [-0.2, 0) is 4.79 Å². The summed E-state index contributed by atoms with van der Waals surface area (Å²) in [4.78, 5) is 57.2. The minimum Gasteiger partial charge on any atom is -0.493 e. The van der Waals surface area contributed by atoms with Crippen LogP contribution in [0.5, 0.6) is 11.8 Å². The number of nitrogens with one attached hydrogen (secondary N) is 2. The van der Waals surface area contributed by atoms with E-state index in [0.29, 0.717) is 21.5 Å². The maximum atomic E-state index is 11.5. The van der Waals surface area contributed by atoms with Crippen molar-refractivity contribution < 1.29 is 19.4 Å². The van der Waals surface area contributed by atoms with Gasteiger partial charge in [0.1, 0.15) is 12.7 Å². The average Bonchev–Trinajstić information content (AvgIpc) is 3.45. The Morgan fingerprint density at radius 1 is 1.07 bits per heavy atom. The number of methoxy groups -OCH3 is 1. The molecular weight excluding hydrogens is 554 g/mol. The van der Waals surface area contributed by atoms with Crippen LogP contribution >= 0.6 is 23.1 Å². The number of benzene rings is 2. The Morgan fingerprint density at radius 2 is 1.93 bits per heavy atom. The molecule has 0 spiro atoms. The molecule has 2 amide bonds. The van der Waals surface area contributed by atoms with Crippen LogP contribution < -0.4 is 25.5 Å². The number of amidine groups is 1. The number of amides is 2. The van der Waals surface area contributed by atoms with Crippen molar-refractivity contribution in [3.8, 4) is 11.8 Å². The number of fused-ring (bicyclic) bond motifs is 2. The van der Waals surface area contributed by atoms with Crippen LogP contribution in [0, 0.1) is 0 Å². The number of aromatic nitrogens is 3. The van der Waals surface area contributed by atoms with Gasteiger partial charge in [-0.15, -0.1) is 0 Å². The topological polar surface area (TPSA) is 171 Å². The molecule has 12 nitrogen and oxygen atoms in total. The molecule has 6 rings (SSSR count). The number of nitrogens with zero attached hydrogens (tertiary/aromatic N) is 5. The van der Waals surface area contributed by atoms with E-state index in [9.17, 15) is 19.5 Å². The van der Waals surface area contributed by atoms with E-state index in [0.717, 1.165) is 55.7 Å². The van der Waals surface area contributed by atoms with Crippen LogP contribution in [0.2, 0.25) is 0 Å². The molecule has 1 fully saturated rings. The number of aliphatic imine (C=N–C) groups is 2. The quantitative estimate of drug-likeness (QED) is 0.312. The Morgan fingerprint density at radius 3 is 2.62 bits per heavy atom. The monoisotopic (exact) mass is 573 g/mol. The fraction of sp³-hybridized carbons (Fsp3) is 0.0769. The molecule has 0 saturated carbocycles. The summed E-state index contributed by atoms with van der Waals surface area (Å²) in [5.74, 6) is 0.577. The van der Waals surface area contributed by atoms with Crippen molar-refractivity contribution in [1.82, 2.24) is 20.3 Å². The van der Waals surface area contributed by atoms with Crippen LogP contribution in [0.15, 0.2) is 67.4 Å². The number of H-pyrrole nitrogens is 1. The highest BCUT2D eigenvalue weighted by Crippen LogP contribution is 2.28. The number of aromatic amines is 1. The molecule has 2 aliphatic rings. The molecule has 1 saturated heterocycles. The Kier molecular flexibility index (Phi) is 7.61. The van der Waals surface area contributed by atoms with E-state index in [-0.39, 0.29) is 21.9 Å². The summed E-state index contributed by atoms with van der Waals surface area (Å²) >= 11 is 1.84. The molecule has 0 aliphatic carbocycles. The van der Waals surface area contributed by atoms with Crippen LogP contribution in [0.3, 0.4) is 0 Å². The van der Waals surface area contributed by atoms with Crippen molar-refractivity contribution in [3.63, 3.8) is 0 Å². The number of imide groups is 1. The average molecular weight is 574 g/mol. The highest BCUT2D eigenvalue weighted by atomic mass is 32.2. The van der Waals surface area contributed by atoms with E-state index in [1.54, 1.807) is 19.2 Å². The number of thioether (sulfide) groups is 1. The Balaban J connectivity index is 0.000000161. The van der Waals surface area contributed by atoms with Crippen molar-refractivity contribution in [2.45, 2.75) is 0 Å². The van der Waals surface area contributed by atoms with Crippen LogP contribution in [-0.4, -0.2) is 57.5 Å². The van der Waals surface area contributed by atoms with E-state index in [1.165, 1.54) is 19.8 Å². The lowest BCUT2D eigenvalue weighted by atomic mass is 10.1. The first-order valence-corrected chi connectivity index (χ1v) is 13.1. The smallest absolute Gasteiger partial charge is 0.307 e. The zero-order valence-electron chi connectivity index (χ0n) is 20.9. The SMILES string of the molecule is CN=C1N=CN=c2ccc(=Cc3sc(=O)[nH]c3O)cc21.COc1ncnc2ccc(C=C3SC(=O)NC3=O)cc12. The van der Waals surface area contributed by atoms with Gasteiger partial charge in [-0.05, 0) is 59.0 Å². The largest absolute Gasteiger partial charge is 0.493 e. The van der Waals surface area contributed by atoms with Gasteiger partial charge in [-0.25, -0.2) is 20.0 Å². The van der Waals surface area contributed by atoms with Crippen molar-refractivity contribution >= 4 is 69.5 Å². The molecule has 0 bridgehead atoms. The third kappa shape index (κ3) is 5.72. The van der Waals surface area contributed by atoms with Crippen molar-refractivity contribution in [1.29, 1.82) is 0 Å². The second-order valence-corrected chi connectivity index (χ2v) is 10.1. The first kappa shape index (κ1) is 26.6. The minimum atomic E-state index is -0.378. The molecule has 200 valence electrons. The van der Waals surface area contributed by atoms with E-state index in [4.69, 9.17) is 4.74 Å². The molecule has 0 unspecified atom stereocenters. The number of carbonyl (C=O) groups excluding carboxylic acids is 2. The van der Waals surface area contributed by atoms with Gasteiger partial charge in [-0.1, -0.05) is 23.5 Å². The fourth-order valence-corrected chi connectivity index (χ4v) is 5.16. The summed E-state index contributed by atoms with van der Waals surface area (Å²) in [6.45, 7) is 0. The summed E-state index contributed by atoms with van der Waals surface area (Å²) in [7, 11) is 3.20. The lowest BCUT2D eigenvalue weighted by Crippen LogP contribution is -2.22. The predicted molar refractivity (Wildman–Crippen MR) is 154 cm³/mol. The molecule has 40 heavy (non-hydrogen) atoms. The molecule has 0 radical (unpaired) electrons. The highest BCUT2D eigenvalue weighted by molar-refractivity contribution is 8.18. The number of rotatable bonds is 3. The molecule has 4 aromatic rings. The van der Waals surface area contributed by atoms with Gasteiger partial charge >= 0.3 is 4.87 Å². The Hall–Kier alpha value is -4.95. The Bertz CT molecular complexity index is 1940. The molecule has 0 atom stereocenters. The molecular formula is C26H19N7O5S2. The summed E-state index contributed by atoms with van der Waals surface area (Å²) in [5.41, 5.74) is 2.35. The van der Waals surface area contributed by atoms with E-state index >= 15 is 0 Å². The van der Waals surface area contributed by atoms with Gasteiger partial charge in [-0.3, -0.25) is 29.7 Å². The maximum absolute atomic E-state index is 11.5. The van der Waals surface area contributed by atoms with Gasteiger partial charge < -0.3 is 9.84 Å². The van der Waals surface area contributed by atoms with Crippen molar-refractivity contribution in [2.75, 3.05) is 14.2 Å². The van der Waals surface area contributed by atoms with Gasteiger partial charge in [0.25, 0.3) is 11.1 Å². The molecule has 2 aromatic heterocycles. The second-order valence-electron chi connectivity index (χ2n) is 8.08. The Labute approximate surface area is 233 Å².